The van der Waals surface area contributed by atoms with E-state index in [1.165, 1.54) is 0 Å². The number of carboxylic acids is 1. The third-order valence-corrected chi connectivity index (χ3v) is 4.39. The van der Waals surface area contributed by atoms with Crippen molar-refractivity contribution in [1.29, 1.82) is 0 Å². The Morgan fingerprint density at radius 2 is 1.75 bits per heavy atom. The van der Waals surface area contributed by atoms with Crippen LogP contribution in [0, 0.1) is 10.8 Å². The van der Waals surface area contributed by atoms with Gasteiger partial charge in [-0.15, -0.1) is 0 Å². The summed E-state index contributed by atoms with van der Waals surface area (Å²) in [6.07, 6.45) is 1.60. The standard InChI is InChI=1S/C12H25O3P/c1-11(2,3)8-12(4,5)9(16-15)6-7-10(13)14/h9H,6-8,16H2,1-5H3,(H,13,14)/t9-/m1/s1. The van der Waals surface area contributed by atoms with Gasteiger partial charge in [-0.25, -0.2) is 0 Å². The second-order valence-electron chi connectivity index (χ2n) is 6.40. The maximum absolute atomic E-state index is 11.3. The Kier molecular flexibility index (Phi) is 5.75. The van der Waals surface area contributed by atoms with Crippen molar-refractivity contribution in [2.75, 3.05) is 0 Å². The zero-order chi connectivity index (χ0) is 13.0. The average Bonchev–Trinajstić information content (AvgIpc) is 1.98. The highest BCUT2D eigenvalue weighted by Gasteiger charge is 2.32. The van der Waals surface area contributed by atoms with Crippen molar-refractivity contribution in [2.24, 2.45) is 10.8 Å². The fourth-order valence-corrected chi connectivity index (χ4v) is 3.21. The van der Waals surface area contributed by atoms with Crippen LogP contribution in [0.2, 0.25) is 0 Å². The lowest BCUT2D eigenvalue weighted by Gasteiger charge is -2.36. The van der Waals surface area contributed by atoms with Crippen LogP contribution in [-0.2, 0) is 9.36 Å². The lowest BCUT2D eigenvalue weighted by Crippen LogP contribution is -2.30. The molecule has 1 unspecified atom stereocenters. The number of carboxylic acid groups (broad SMARTS) is 1. The molecule has 0 spiro atoms. The van der Waals surface area contributed by atoms with Crippen LogP contribution in [0.25, 0.3) is 0 Å². The van der Waals surface area contributed by atoms with E-state index in [4.69, 9.17) is 5.11 Å². The zero-order valence-corrected chi connectivity index (χ0v) is 12.2. The van der Waals surface area contributed by atoms with Crippen LogP contribution in [0.4, 0.5) is 0 Å². The van der Waals surface area contributed by atoms with Gasteiger partial charge < -0.3 is 9.67 Å². The van der Waals surface area contributed by atoms with Crippen LogP contribution in [0.15, 0.2) is 0 Å². The maximum atomic E-state index is 11.3. The molecule has 0 heterocycles. The molecule has 0 amide bonds. The molecule has 0 aliphatic carbocycles. The Bertz CT molecular complexity index is 253. The summed E-state index contributed by atoms with van der Waals surface area (Å²) in [7, 11) is -0.915. The minimum absolute atomic E-state index is 0.0304. The molecule has 96 valence electrons. The Morgan fingerprint density at radius 1 is 1.25 bits per heavy atom. The molecule has 1 N–H and O–H groups in total. The number of rotatable bonds is 6. The van der Waals surface area contributed by atoms with Crippen molar-refractivity contribution in [3.8, 4) is 0 Å². The summed E-state index contributed by atoms with van der Waals surface area (Å²) in [4.78, 5) is 10.5. The topological polar surface area (TPSA) is 54.4 Å². The fourth-order valence-electron chi connectivity index (χ4n) is 2.42. The van der Waals surface area contributed by atoms with Gasteiger partial charge in [-0.1, -0.05) is 34.6 Å². The highest BCUT2D eigenvalue weighted by Crippen LogP contribution is 2.42. The van der Waals surface area contributed by atoms with Crippen LogP contribution >= 0.6 is 8.46 Å². The Labute approximate surface area is 99.8 Å². The number of carbonyl (C=O) groups is 1. The molecule has 2 atom stereocenters. The first kappa shape index (κ1) is 15.7. The second-order valence-corrected chi connectivity index (χ2v) is 7.48. The van der Waals surface area contributed by atoms with Gasteiger partial charge in [0.1, 0.15) is 0 Å². The van der Waals surface area contributed by atoms with Crippen LogP contribution in [-0.4, -0.2) is 16.7 Å². The summed E-state index contributed by atoms with van der Waals surface area (Å²) in [5.74, 6) is -0.801. The number of hydrogen-bond donors (Lipinski definition) is 1. The minimum Gasteiger partial charge on any atom is -0.481 e. The first-order valence-corrected chi connectivity index (χ1v) is 6.89. The Balaban J connectivity index is 4.54. The molecule has 0 aliphatic heterocycles. The smallest absolute Gasteiger partial charge is 0.303 e. The van der Waals surface area contributed by atoms with Gasteiger partial charge in [0.25, 0.3) is 0 Å². The van der Waals surface area contributed by atoms with E-state index in [1.807, 2.05) is 0 Å². The number of hydrogen-bond acceptors (Lipinski definition) is 2. The van der Waals surface area contributed by atoms with Crippen molar-refractivity contribution >= 4 is 14.4 Å². The van der Waals surface area contributed by atoms with Gasteiger partial charge in [0.15, 0.2) is 0 Å². The lowest BCUT2D eigenvalue weighted by molar-refractivity contribution is -0.137. The van der Waals surface area contributed by atoms with Crippen molar-refractivity contribution < 1.29 is 14.5 Å². The van der Waals surface area contributed by atoms with Gasteiger partial charge in [0.05, 0.1) is 8.46 Å². The SMILES string of the molecule is CC(C)(C)CC(C)(C)[C@@H](CCC(=O)O)[PH2]=O. The molecule has 0 aromatic heterocycles. The predicted molar refractivity (Wildman–Crippen MR) is 68.9 cm³/mol. The summed E-state index contributed by atoms with van der Waals surface area (Å²) in [5, 5.41) is 8.66. The molecule has 0 fully saturated rings. The van der Waals surface area contributed by atoms with E-state index in [-0.39, 0.29) is 22.9 Å². The summed E-state index contributed by atoms with van der Waals surface area (Å²) < 4.78 is 11.3. The van der Waals surface area contributed by atoms with E-state index in [0.29, 0.717) is 6.42 Å². The first-order valence-electron chi connectivity index (χ1n) is 5.75. The Morgan fingerprint density at radius 3 is 2.06 bits per heavy atom. The van der Waals surface area contributed by atoms with Crippen LogP contribution in [0.1, 0.15) is 53.9 Å². The zero-order valence-electron chi connectivity index (χ0n) is 11.0. The third kappa shape index (κ3) is 6.32. The summed E-state index contributed by atoms with van der Waals surface area (Å²) >= 11 is 0. The van der Waals surface area contributed by atoms with E-state index in [0.717, 1.165) is 6.42 Å². The van der Waals surface area contributed by atoms with Gasteiger partial charge >= 0.3 is 5.97 Å². The van der Waals surface area contributed by atoms with Crippen molar-refractivity contribution in [1.82, 2.24) is 0 Å². The van der Waals surface area contributed by atoms with E-state index in [9.17, 15) is 9.36 Å². The van der Waals surface area contributed by atoms with Crippen molar-refractivity contribution in [2.45, 2.75) is 59.5 Å². The van der Waals surface area contributed by atoms with Gasteiger partial charge in [-0.2, -0.15) is 0 Å². The molecule has 16 heavy (non-hydrogen) atoms. The van der Waals surface area contributed by atoms with E-state index < -0.39 is 14.4 Å². The highest BCUT2D eigenvalue weighted by atomic mass is 31.1. The molecule has 0 radical (unpaired) electrons. The van der Waals surface area contributed by atoms with Crippen LogP contribution in [0.3, 0.4) is 0 Å². The molecule has 0 aliphatic rings. The minimum atomic E-state index is -0.915. The van der Waals surface area contributed by atoms with Gasteiger partial charge in [0.2, 0.25) is 0 Å². The maximum Gasteiger partial charge on any atom is 0.303 e. The summed E-state index contributed by atoms with van der Waals surface area (Å²) in [6, 6.07) is 0. The predicted octanol–water partition coefficient (Wildman–Crippen LogP) is 3.44. The highest BCUT2D eigenvalue weighted by molar-refractivity contribution is 7.24. The summed E-state index contributed by atoms with van der Waals surface area (Å²) in [5.41, 5.74) is 0.160. The molecular formula is C12H25O3P. The van der Waals surface area contributed by atoms with Crippen molar-refractivity contribution in [3.63, 3.8) is 0 Å². The molecular weight excluding hydrogens is 223 g/mol. The van der Waals surface area contributed by atoms with E-state index in [2.05, 4.69) is 34.6 Å². The van der Waals surface area contributed by atoms with Gasteiger partial charge in [-0.3, -0.25) is 4.79 Å². The van der Waals surface area contributed by atoms with Gasteiger partial charge in [-0.05, 0) is 23.7 Å². The van der Waals surface area contributed by atoms with E-state index >= 15 is 0 Å². The molecule has 0 rings (SSSR count). The van der Waals surface area contributed by atoms with Crippen LogP contribution in [0.5, 0.6) is 0 Å². The van der Waals surface area contributed by atoms with Crippen molar-refractivity contribution in [3.05, 3.63) is 0 Å². The number of aliphatic carboxylic acids is 1. The largest absolute Gasteiger partial charge is 0.481 e. The molecule has 3 nitrogen and oxygen atoms in total. The normalized spacial score (nSPS) is 15.6. The van der Waals surface area contributed by atoms with Gasteiger partial charge in [0, 0.05) is 12.1 Å². The quantitative estimate of drug-likeness (QED) is 0.732. The third-order valence-electron chi connectivity index (χ3n) is 2.82. The fraction of sp³-hybridized carbons (Fsp3) is 0.917. The van der Waals surface area contributed by atoms with E-state index in [1.54, 1.807) is 0 Å². The Hall–Kier alpha value is -0.300. The first-order chi connectivity index (χ1) is 7.08. The lowest BCUT2D eigenvalue weighted by atomic mass is 9.73. The van der Waals surface area contributed by atoms with Crippen LogP contribution < -0.4 is 0 Å². The average molecular weight is 248 g/mol. The molecule has 0 saturated carbocycles. The molecule has 0 aromatic rings. The monoisotopic (exact) mass is 248 g/mol. The molecule has 0 bridgehead atoms. The molecule has 0 saturated heterocycles. The summed E-state index contributed by atoms with van der Waals surface area (Å²) in [6.45, 7) is 10.7. The molecule has 0 aromatic carbocycles. The second kappa shape index (κ2) is 5.86. The molecule has 4 heteroatoms.